The van der Waals surface area contributed by atoms with E-state index in [0.717, 1.165) is 41.4 Å². The molecule has 0 aliphatic carbocycles. The zero-order chi connectivity index (χ0) is 22.9. The van der Waals surface area contributed by atoms with Crippen LogP contribution in [0.25, 0.3) is 5.69 Å². The van der Waals surface area contributed by atoms with Gasteiger partial charge < -0.3 is 24.3 Å². The molecule has 1 aromatic heterocycles. The molecule has 1 amide bonds. The topological polar surface area (TPSA) is 55.7 Å². The molecule has 0 spiro atoms. The van der Waals surface area contributed by atoms with Crippen LogP contribution in [0.3, 0.4) is 0 Å². The molecule has 5 rings (SSSR count). The molecule has 6 nitrogen and oxygen atoms in total. The average Bonchev–Trinajstić information content (AvgIpc) is 3.14. The molecule has 2 aromatic carbocycles. The SMILES string of the molecule is Cc1cc(C(=O)N2CCC(Nc3ccccc3F)CC2)c(C)n1-c1ccc2c(c1)OCCO2. The highest BCUT2D eigenvalue weighted by molar-refractivity contribution is 5.96. The van der Waals surface area contributed by atoms with E-state index in [4.69, 9.17) is 9.47 Å². The van der Waals surface area contributed by atoms with Crippen molar-refractivity contribution in [1.82, 2.24) is 9.47 Å². The Morgan fingerprint density at radius 1 is 1.00 bits per heavy atom. The molecule has 2 aliphatic heterocycles. The summed E-state index contributed by atoms with van der Waals surface area (Å²) in [5.74, 6) is 1.26. The van der Waals surface area contributed by atoms with Gasteiger partial charge in [0.15, 0.2) is 11.5 Å². The maximum atomic E-state index is 13.9. The summed E-state index contributed by atoms with van der Waals surface area (Å²) in [4.78, 5) is 15.3. The van der Waals surface area contributed by atoms with Crippen molar-refractivity contribution in [1.29, 1.82) is 0 Å². The van der Waals surface area contributed by atoms with Crippen LogP contribution in [-0.2, 0) is 0 Å². The molecule has 1 N–H and O–H groups in total. The average molecular weight is 450 g/mol. The Bertz CT molecular complexity index is 1180. The van der Waals surface area contributed by atoms with Crippen LogP contribution in [0, 0.1) is 19.7 Å². The Morgan fingerprint density at radius 2 is 1.73 bits per heavy atom. The normalized spacial score (nSPS) is 16.0. The summed E-state index contributed by atoms with van der Waals surface area (Å²) in [6, 6.07) is 14.7. The van der Waals surface area contributed by atoms with Crippen molar-refractivity contribution in [3.8, 4) is 17.2 Å². The van der Waals surface area contributed by atoms with Crippen LogP contribution in [0.15, 0.2) is 48.5 Å². The van der Waals surface area contributed by atoms with E-state index in [1.807, 2.05) is 49.1 Å². The molecule has 0 atom stereocenters. The monoisotopic (exact) mass is 449 g/mol. The van der Waals surface area contributed by atoms with E-state index in [-0.39, 0.29) is 17.8 Å². The lowest BCUT2D eigenvalue weighted by atomic mass is 10.0. The molecule has 0 radical (unpaired) electrons. The molecule has 3 heterocycles. The van der Waals surface area contributed by atoms with E-state index >= 15 is 0 Å². The predicted octanol–water partition coefficient (Wildman–Crippen LogP) is 4.72. The van der Waals surface area contributed by atoms with Crippen molar-refractivity contribution in [3.05, 3.63) is 71.3 Å². The maximum Gasteiger partial charge on any atom is 0.255 e. The van der Waals surface area contributed by atoms with Crippen LogP contribution in [0.5, 0.6) is 11.5 Å². The highest BCUT2D eigenvalue weighted by Crippen LogP contribution is 2.34. The van der Waals surface area contributed by atoms with Crippen molar-refractivity contribution in [3.63, 3.8) is 0 Å². The molecular formula is C26H28FN3O3. The fraction of sp³-hybridized carbons (Fsp3) is 0.346. The van der Waals surface area contributed by atoms with Gasteiger partial charge in [0.05, 0.1) is 11.3 Å². The van der Waals surface area contributed by atoms with E-state index in [1.165, 1.54) is 6.07 Å². The third kappa shape index (κ3) is 4.15. The van der Waals surface area contributed by atoms with Gasteiger partial charge in [-0.2, -0.15) is 0 Å². The van der Waals surface area contributed by atoms with Crippen LogP contribution in [0.1, 0.15) is 34.6 Å². The minimum atomic E-state index is -0.248. The lowest BCUT2D eigenvalue weighted by Gasteiger charge is -2.33. The van der Waals surface area contributed by atoms with Gasteiger partial charge in [-0.3, -0.25) is 4.79 Å². The van der Waals surface area contributed by atoms with Crippen LogP contribution in [0.4, 0.5) is 10.1 Å². The van der Waals surface area contributed by atoms with Gasteiger partial charge in [-0.1, -0.05) is 12.1 Å². The highest BCUT2D eigenvalue weighted by atomic mass is 19.1. The number of hydrogen-bond acceptors (Lipinski definition) is 4. The number of anilines is 1. The van der Waals surface area contributed by atoms with Gasteiger partial charge in [-0.25, -0.2) is 4.39 Å². The van der Waals surface area contributed by atoms with Gasteiger partial charge in [0.2, 0.25) is 0 Å². The second kappa shape index (κ2) is 8.81. The third-order valence-electron chi connectivity index (χ3n) is 6.46. The zero-order valence-electron chi connectivity index (χ0n) is 18.9. The molecule has 0 bridgehead atoms. The highest BCUT2D eigenvalue weighted by Gasteiger charge is 2.27. The Labute approximate surface area is 192 Å². The maximum absolute atomic E-state index is 13.9. The largest absolute Gasteiger partial charge is 0.486 e. The number of aryl methyl sites for hydroxylation is 1. The molecular weight excluding hydrogens is 421 g/mol. The Balaban J connectivity index is 1.30. The number of likely N-dealkylation sites (tertiary alicyclic amines) is 1. The van der Waals surface area contributed by atoms with Crippen LogP contribution < -0.4 is 14.8 Å². The summed E-state index contributed by atoms with van der Waals surface area (Å²) in [7, 11) is 0. The predicted molar refractivity (Wildman–Crippen MR) is 125 cm³/mol. The van der Waals surface area contributed by atoms with E-state index in [9.17, 15) is 9.18 Å². The number of nitrogens with one attached hydrogen (secondary N) is 1. The van der Waals surface area contributed by atoms with Gasteiger partial charge in [0.1, 0.15) is 19.0 Å². The van der Waals surface area contributed by atoms with E-state index in [1.54, 1.807) is 12.1 Å². The molecule has 1 saturated heterocycles. The number of ether oxygens (including phenoxy) is 2. The van der Waals surface area contributed by atoms with Gasteiger partial charge in [-0.05, 0) is 57.0 Å². The van der Waals surface area contributed by atoms with Gasteiger partial charge in [0, 0.05) is 42.3 Å². The smallest absolute Gasteiger partial charge is 0.255 e. The minimum Gasteiger partial charge on any atom is -0.486 e. The molecule has 0 unspecified atom stereocenters. The first-order valence-corrected chi connectivity index (χ1v) is 11.4. The van der Waals surface area contributed by atoms with E-state index < -0.39 is 0 Å². The van der Waals surface area contributed by atoms with Crippen LogP contribution in [-0.4, -0.2) is 47.7 Å². The minimum absolute atomic E-state index is 0.0382. The molecule has 33 heavy (non-hydrogen) atoms. The van der Waals surface area contributed by atoms with E-state index in [0.29, 0.717) is 37.6 Å². The number of nitrogens with zero attached hydrogens (tertiary/aromatic N) is 2. The number of carbonyl (C=O) groups excluding carboxylic acids is 1. The molecule has 2 aliphatic rings. The van der Waals surface area contributed by atoms with E-state index in [2.05, 4.69) is 9.88 Å². The number of fused-ring (bicyclic) bond motifs is 1. The standard InChI is InChI=1S/C26H28FN3O3/c1-17-15-21(18(2)30(17)20-7-8-24-25(16-20)33-14-13-32-24)26(31)29-11-9-19(10-12-29)28-23-6-4-3-5-22(23)27/h3-8,15-16,19,28H,9-14H2,1-2H3. The summed E-state index contributed by atoms with van der Waals surface area (Å²) >= 11 is 0. The Kier molecular flexibility index (Phi) is 5.70. The summed E-state index contributed by atoms with van der Waals surface area (Å²) in [6.07, 6.45) is 1.56. The quantitative estimate of drug-likeness (QED) is 0.626. The van der Waals surface area contributed by atoms with Crippen molar-refractivity contribution in [2.24, 2.45) is 0 Å². The van der Waals surface area contributed by atoms with Crippen molar-refractivity contribution in [2.45, 2.75) is 32.7 Å². The van der Waals surface area contributed by atoms with Crippen molar-refractivity contribution >= 4 is 11.6 Å². The summed E-state index contributed by atoms with van der Waals surface area (Å²) in [5.41, 5.74) is 4.07. The first kappa shape index (κ1) is 21.4. The lowest BCUT2D eigenvalue weighted by molar-refractivity contribution is 0.0717. The summed E-state index contributed by atoms with van der Waals surface area (Å²) in [6.45, 7) is 6.34. The molecule has 172 valence electrons. The number of hydrogen-bond donors (Lipinski definition) is 1. The second-order valence-electron chi connectivity index (χ2n) is 8.64. The molecule has 0 saturated carbocycles. The molecule has 3 aromatic rings. The Hall–Kier alpha value is -3.48. The second-order valence-corrected chi connectivity index (χ2v) is 8.64. The fourth-order valence-corrected chi connectivity index (χ4v) is 4.74. The van der Waals surface area contributed by atoms with Crippen LogP contribution in [0.2, 0.25) is 0 Å². The molecule has 7 heteroatoms. The fourth-order valence-electron chi connectivity index (χ4n) is 4.74. The van der Waals surface area contributed by atoms with Crippen molar-refractivity contribution in [2.75, 3.05) is 31.6 Å². The number of piperidine rings is 1. The number of para-hydroxylation sites is 1. The Morgan fingerprint density at radius 3 is 2.48 bits per heavy atom. The number of halogens is 1. The number of aromatic nitrogens is 1. The first-order chi connectivity index (χ1) is 16.0. The van der Waals surface area contributed by atoms with Gasteiger partial charge >= 0.3 is 0 Å². The zero-order valence-corrected chi connectivity index (χ0v) is 18.9. The lowest BCUT2D eigenvalue weighted by Crippen LogP contribution is -2.42. The van der Waals surface area contributed by atoms with Gasteiger partial charge in [-0.15, -0.1) is 0 Å². The van der Waals surface area contributed by atoms with Crippen LogP contribution >= 0.6 is 0 Å². The van der Waals surface area contributed by atoms with Gasteiger partial charge in [0.25, 0.3) is 5.91 Å². The number of rotatable bonds is 4. The number of benzene rings is 2. The third-order valence-corrected chi connectivity index (χ3v) is 6.46. The van der Waals surface area contributed by atoms with Crippen molar-refractivity contribution < 1.29 is 18.7 Å². The molecule has 1 fully saturated rings. The first-order valence-electron chi connectivity index (χ1n) is 11.4. The number of amides is 1. The number of carbonyl (C=O) groups is 1. The summed E-state index contributed by atoms with van der Waals surface area (Å²) < 4.78 is 27.4. The summed E-state index contributed by atoms with van der Waals surface area (Å²) in [5, 5.41) is 3.28.